The summed E-state index contributed by atoms with van der Waals surface area (Å²) in [5.41, 5.74) is 1.31. The summed E-state index contributed by atoms with van der Waals surface area (Å²) in [7, 11) is -3.48. The number of carbonyl (C=O) groups is 1. The van der Waals surface area contributed by atoms with Crippen LogP contribution in [0, 0.1) is 5.92 Å². The van der Waals surface area contributed by atoms with Gasteiger partial charge in [-0.3, -0.25) is 4.90 Å². The average molecular weight is 381 g/mol. The molecule has 2 aliphatic rings. The minimum absolute atomic E-state index is 0.0470. The molecule has 1 aromatic rings. The summed E-state index contributed by atoms with van der Waals surface area (Å²) in [6.45, 7) is 3.94. The number of urea groups is 1. The normalized spacial score (nSPS) is 22.5. The zero-order valence-corrected chi connectivity index (χ0v) is 15.8. The van der Waals surface area contributed by atoms with E-state index >= 15 is 0 Å². The lowest BCUT2D eigenvalue weighted by molar-refractivity contribution is 0.173. The predicted molar refractivity (Wildman–Crippen MR) is 101 cm³/mol. The molecule has 2 saturated heterocycles. The van der Waals surface area contributed by atoms with Gasteiger partial charge in [0, 0.05) is 38.8 Å². The van der Waals surface area contributed by atoms with E-state index in [1.165, 1.54) is 5.56 Å². The van der Waals surface area contributed by atoms with E-state index in [-0.39, 0.29) is 23.7 Å². The molecule has 0 bridgehead atoms. The first kappa shape index (κ1) is 19.1. The Hall–Kier alpha value is -1.64. The van der Waals surface area contributed by atoms with E-state index in [9.17, 15) is 13.2 Å². The number of carbonyl (C=O) groups excluding carboxylic acids is 1. The Morgan fingerprint density at radius 3 is 2.46 bits per heavy atom. The van der Waals surface area contributed by atoms with Crippen LogP contribution in [0.4, 0.5) is 4.79 Å². The molecular weight excluding hydrogens is 352 g/mol. The SMILES string of the molecule is NS(=O)(=O)C[C@@H]1CCN(C(=O)NC2CCN(Cc3ccccc3)CC2)C1. The molecule has 0 spiro atoms. The number of nitrogens with zero attached hydrogens (tertiary/aromatic N) is 2. The van der Waals surface area contributed by atoms with Crippen LogP contribution in [0.2, 0.25) is 0 Å². The highest BCUT2D eigenvalue weighted by molar-refractivity contribution is 7.89. The molecular formula is C18H28N4O3S. The van der Waals surface area contributed by atoms with E-state index < -0.39 is 10.0 Å². The summed E-state index contributed by atoms with van der Waals surface area (Å²) in [6, 6.07) is 10.5. The molecule has 1 atom stereocenters. The number of sulfonamides is 1. The van der Waals surface area contributed by atoms with Crippen LogP contribution in [0.5, 0.6) is 0 Å². The number of amides is 2. The molecule has 2 fully saturated rings. The molecule has 2 aliphatic heterocycles. The largest absolute Gasteiger partial charge is 0.335 e. The van der Waals surface area contributed by atoms with Crippen molar-refractivity contribution < 1.29 is 13.2 Å². The number of nitrogens with two attached hydrogens (primary N) is 1. The second-order valence-electron chi connectivity index (χ2n) is 7.42. The molecule has 1 aromatic carbocycles. The minimum Gasteiger partial charge on any atom is -0.335 e. The third-order valence-electron chi connectivity index (χ3n) is 5.21. The fourth-order valence-corrected chi connectivity index (χ4v) is 4.75. The Morgan fingerprint density at radius 1 is 1.12 bits per heavy atom. The second kappa shape index (κ2) is 8.37. The number of primary sulfonamides is 1. The molecule has 7 nitrogen and oxygen atoms in total. The van der Waals surface area contributed by atoms with Crippen LogP contribution in [0.3, 0.4) is 0 Å². The molecule has 3 rings (SSSR count). The summed E-state index contributed by atoms with van der Waals surface area (Å²) < 4.78 is 22.4. The number of likely N-dealkylation sites (tertiary alicyclic amines) is 2. The van der Waals surface area contributed by atoms with Gasteiger partial charge in [-0.05, 0) is 30.7 Å². The van der Waals surface area contributed by atoms with Crippen molar-refractivity contribution in [2.75, 3.05) is 31.9 Å². The summed E-state index contributed by atoms with van der Waals surface area (Å²) in [5, 5.41) is 8.21. The van der Waals surface area contributed by atoms with Crippen LogP contribution in [-0.2, 0) is 16.6 Å². The monoisotopic (exact) mass is 380 g/mol. The number of rotatable bonds is 5. The van der Waals surface area contributed by atoms with Gasteiger partial charge in [-0.25, -0.2) is 18.4 Å². The van der Waals surface area contributed by atoms with Crippen molar-refractivity contribution in [3.05, 3.63) is 35.9 Å². The molecule has 3 N–H and O–H groups in total. The van der Waals surface area contributed by atoms with Crippen LogP contribution in [0.15, 0.2) is 30.3 Å². The predicted octanol–water partition coefficient (Wildman–Crippen LogP) is 0.971. The molecule has 0 radical (unpaired) electrons. The summed E-state index contributed by atoms with van der Waals surface area (Å²) in [5.74, 6) is -0.0993. The number of piperidine rings is 1. The number of benzene rings is 1. The van der Waals surface area contributed by atoms with Crippen molar-refractivity contribution in [1.29, 1.82) is 0 Å². The van der Waals surface area contributed by atoms with Gasteiger partial charge in [0.1, 0.15) is 0 Å². The van der Waals surface area contributed by atoms with E-state index in [4.69, 9.17) is 5.14 Å². The molecule has 2 heterocycles. The smallest absolute Gasteiger partial charge is 0.317 e. The Balaban J connectivity index is 1.40. The third-order valence-corrected chi connectivity index (χ3v) is 6.14. The third kappa shape index (κ3) is 5.69. The molecule has 0 aliphatic carbocycles. The number of hydrogen-bond acceptors (Lipinski definition) is 4. The quantitative estimate of drug-likeness (QED) is 0.796. The van der Waals surface area contributed by atoms with Gasteiger partial charge in [-0.2, -0.15) is 0 Å². The lowest BCUT2D eigenvalue weighted by Gasteiger charge is -2.33. The fraction of sp³-hybridized carbons (Fsp3) is 0.611. The summed E-state index contributed by atoms with van der Waals surface area (Å²) in [4.78, 5) is 16.5. The highest BCUT2D eigenvalue weighted by Gasteiger charge is 2.30. The van der Waals surface area contributed by atoms with Gasteiger partial charge >= 0.3 is 6.03 Å². The maximum Gasteiger partial charge on any atom is 0.317 e. The second-order valence-corrected chi connectivity index (χ2v) is 9.07. The molecule has 8 heteroatoms. The first-order chi connectivity index (χ1) is 12.4. The summed E-state index contributed by atoms with van der Waals surface area (Å²) in [6.07, 6.45) is 2.57. The van der Waals surface area contributed by atoms with Gasteiger partial charge in [0.15, 0.2) is 0 Å². The van der Waals surface area contributed by atoms with Crippen molar-refractivity contribution in [2.24, 2.45) is 11.1 Å². The Morgan fingerprint density at radius 2 is 1.81 bits per heavy atom. The fourth-order valence-electron chi connectivity index (χ4n) is 3.82. The maximum absolute atomic E-state index is 12.4. The summed E-state index contributed by atoms with van der Waals surface area (Å²) >= 11 is 0. The van der Waals surface area contributed by atoms with Crippen molar-refractivity contribution in [1.82, 2.24) is 15.1 Å². The Kier molecular flexibility index (Phi) is 6.16. The van der Waals surface area contributed by atoms with E-state index in [1.54, 1.807) is 4.90 Å². The zero-order valence-electron chi connectivity index (χ0n) is 15.0. The van der Waals surface area contributed by atoms with E-state index in [0.29, 0.717) is 19.5 Å². The van der Waals surface area contributed by atoms with Gasteiger partial charge in [-0.15, -0.1) is 0 Å². The highest BCUT2D eigenvalue weighted by Crippen LogP contribution is 2.19. The molecule has 144 valence electrons. The van der Waals surface area contributed by atoms with Crippen LogP contribution in [0.25, 0.3) is 0 Å². The van der Waals surface area contributed by atoms with Gasteiger partial charge in [0.05, 0.1) is 5.75 Å². The topological polar surface area (TPSA) is 95.7 Å². The first-order valence-electron chi connectivity index (χ1n) is 9.21. The lowest BCUT2D eigenvalue weighted by atomic mass is 10.0. The van der Waals surface area contributed by atoms with Crippen LogP contribution in [0.1, 0.15) is 24.8 Å². The van der Waals surface area contributed by atoms with Crippen molar-refractivity contribution >= 4 is 16.1 Å². The molecule has 26 heavy (non-hydrogen) atoms. The molecule has 0 aromatic heterocycles. The average Bonchev–Trinajstić information content (AvgIpc) is 3.04. The van der Waals surface area contributed by atoms with E-state index in [2.05, 4.69) is 34.5 Å². The molecule has 0 saturated carbocycles. The first-order valence-corrected chi connectivity index (χ1v) is 10.9. The van der Waals surface area contributed by atoms with Gasteiger partial charge < -0.3 is 10.2 Å². The lowest BCUT2D eigenvalue weighted by Crippen LogP contribution is -2.48. The standard InChI is InChI=1S/C18H28N4O3S/c19-26(24,25)14-16-6-11-22(13-16)18(23)20-17-7-9-21(10-8-17)12-15-4-2-1-3-5-15/h1-5,16-17H,6-14H2,(H,20,23)(H2,19,24,25)/t16-/m1/s1. The molecule has 0 unspecified atom stereocenters. The van der Waals surface area contributed by atoms with Gasteiger partial charge in [0.2, 0.25) is 10.0 Å². The minimum atomic E-state index is -3.48. The maximum atomic E-state index is 12.4. The van der Waals surface area contributed by atoms with Crippen LogP contribution < -0.4 is 10.5 Å². The van der Waals surface area contributed by atoms with Gasteiger partial charge in [0.25, 0.3) is 0 Å². The zero-order chi connectivity index (χ0) is 18.6. The van der Waals surface area contributed by atoms with Crippen LogP contribution in [-0.4, -0.2) is 62.2 Å². The van der Waals surface area contributed by atoms with Gasteiger partial charge in [-0.1, -0.05) is 30.3 Å². The van der Waals surface area contributed by atoms with E-state index in [0.717, 1.165) is 32.5 Å². The van der Waals surface area contributed by atoms with Crippen LogP contribution >= 0.6 is 0 Å². The van der Waals surface area contributed by atoms with Crippen molar-refractivity contribution in [3.8, 4) is 0 Å². The highest BCUT2D eigenvalue weighted by atomic mass is 32.2. The van der Waals surface area contributed by atoms with Crippen molar-refractivity contribution in [3.63, 3.8) is 0 Å². The number of nitrogens with one attached hydrogen (secondary N) is 1. The molecule has 2 amide bonds. The van der Waals surface area contributed by atoms with E-state index in [1.807, 2.05) is 6.07 Å². The number of hydrogen-bond donors (Lipinski definition) is 2. The Labute approximate surface area is 155 Å². The van der Waals surface area contributed by atoms with Crippen molar-refractivity contribution in [2.45, 2.75) is 31.8 Å². The Bertz CT molecular complexity index is 702.